The Hall–Kier alpha value is -4.42. The van der Waals surface area contributed by atoms with Gasteiger partial charge in [-0.05, 0) is 24.3 Å². The third-order valence-corrected chi connectivity index (χ3v) is 13.2. The van der Waals surface area contributed by atoms with Crippen molar-refractivity contribution in [3.63, 3.8) is 0 Å². The Morgan fingerprint density at radius 1 is 0.317 bits per heavy atom. The van der Waals surface area contributed by atoms with Crippen molar-refractivity contribution in [2.24, 2.45) is 0 Å². The second kappa shape index (κ2) is 11.6. The van der Waals surface area contributed by atoms with Gasteiger partial charge in [-0.15, -0.1) is 0 Å². The van der Waals surface area contributed by atoms with Crippen LogP contribution in [0.15, 0.2) is 170 Å². The van der Waals surface area contributed by atoms with Crippen LogP contribution >= 0.6 is 14.3 Å². The molecule has 0 aliphatic rings. The molecular formula is C36H28O3P2. The van der Waals surface area contributed by atoms with Crippen molar-refractivity contribution in [1.82, 2.24) is 0 Å². The second-order valence-corrected chi connectivity index (χ2v) is 15.2. The molecule has 0 aliphatic carbocycles. The maximum atomic E-state index is 14.8. The molecule has 41 heavy (non-hydrogen) atoms. The van der Waals surface area contributed by atoms with Crippen molar-refractivity contribution in [2.75, 3.05) is 0 Å². The highest BCUT2D eigenvalue weighted by Crippen LogP contribution is 2.44. The molecule has 5 heteroatoms. The van der Waals surface area contributed by atoms with Gasteiger partial charge in [-0.1, -0.05) is 146 Å². The summed E-state index contributed by atoms with van der Waals surface area (Å²) in [5.74, 6) is 1.11. The minimum Gasteiger partial charge on any atom is -0.457 e. The molecule has 0 spiro atoms. The van der Waals surface area contributed by atoms with Crippen LogP contribution in [0.2, 0.25) is 0 Å². The van der Waals surface area contributed by atoms with E-state index in [1.807, 2.05) is 170 Å². The molecule has 0 saturated carbocycles. The zero-order chi connectivity index (χ0) is 28.1. The van der Waals surface area contributed by atoms with E-state index in [1.54, 1.807) is 0 Å². The van der Waals surface area contributed by atoms with E-state index in [0.717, 1.165) is 21.2 Å². The predicted octanol–water partition coefficient (Wildman–Crippen LogP) is 6.76. The summed E-state index contributed by atoms with van der Waals surface area (Å²) in [7, 11) is -6.30. The number of benzene rings is 6. The SMILES string of the molecule is O=P(c1ccccc1)(c1ccccc1)c1cccc(Oc2cccc(P(=O)(c3ccccc3)c3ccccc3)c2)c1. The average Bonchev–Trinajstić information content (AvgIpc) is 3.06. The van der Waals surface area contributed by atoms with Crippen LogP contribution in [-0.4, -0.2) is 0 Å². The highest BCUT2D eigenvalue weighted by molar-refractivity contribution is 7.85. The fraction of sp³-hybridized carbons (Fsp3) is 0. The molecule has 0 heterocycles. The largest absolute Gasteiger partial charge is 0.457 e. The molecule has 0 saturated heterocycles. The Morgan fingerprint density at radius 3 is 0.878 bits per heavy atom. The quantitative estimate of drug-likeness (QED) is 0.190. The van der Waals surface area contributed by atoms with Crippen LogP contribution in [0.4, 0.5) is 0 Å². The molecule has 0 bridgehead atoms. The first-order valence-corrected chi connectivity index (χ1v) is 16.8. The Morgan fingerprint density at radius 2 is 0.585 bits per heavy atom. The molecule has 6 rings (SSSR count). The first-order valence-electron chi connectivity index (χ1n) is 13.4. The topological polar surface area (TPSA) is 43.4 Å². The molecule has 3 nitrogen and oxygen atoms in total. The molecule has 0 aliphatic heterocycles. The fourth-order valence-corrected chi connectivity index (χ4v) is 10.4. The van der Waals surface area contributed by atoms with Crippen LogP contribution in [0.25, 0.3) is 0 Å². The Balaban J connectivity index is 1.40. The van der Waals surface area contributed by atoms with E-state index in [-0.39, 0.29) is 0 Å². The maximum absolute atomic E-state index is 14.8. The molecule has 0 aromatic heterocycles. The molecule has 200 valence electrons. The third kappa shape index (κ3) is 5.23. The molecule has 0 fully saturated rings. The van der Waals surface area contributed by atoms with E-state index in [0.29, 0.717) is 22.1 Å². The summed E-state index contributed by atoms with van der Waals surface area (Å²) >= 11 is 0. The van der Waals surface area contributed by atoms with Crippen LogP contribution in [0, 0.1) is 0 Å². The minimum atomic E-state index is -3.15. The van der Waals surface area contributed by atoms with Gasteiger partial charge < -0.3 is 13.9 Å². The van der Waals surface area contributed by atoms with Gasteiger partial charge in [0, 0.05) is 31.8 Å². The number of hydrogen-bond acceptors (Lipinski definition) is 3. The van der Waals surface area contributed by atoms with Gasteiger partial charge in [0.2, 0.25) is 0 Å². The lowest BCUT2D eigenvalue weighted by atomic mass is 10.3. The molecule has 0 radical (unpaired) electrons. The molecular weight excluding hydrogens is 542 g/mol. The standard InChI is InChI=1S/C36H28O3P2/c37-40(31-17-5-1-6-18-31,32-19-7-2-8-20-32)35-25-13-15-29(27-35)39-30-16-14-26-36(28-30)41(38,33-21-9-3-10-22-33)34-23-11-4-12-24-34/h1-28H. The van der Waals surface area contributed by atoms with Crippen LogP contribution in [0.5, 0.6) is 11.5 Å². The number of rotatable bonds is 8. The maximum Gasteiger partial charge on any atom is 0.171 e. The number of ether oxygens (including phenoxy) is 1. The van der Waals surface area contributed by atoms with Crippen LogP contribution < -0.4 is 36.6 Å². The Labute approximate surface area is 240 Å². The Bertz CT molecular complexity index is 1630. The van der Waals surface area contributed by atoms with Crippen LogP contribution in [-0.2, 0) is 9.13 Å². The lowest BCUT2D eigenvalue weighted by Gasteiger charge is -2.21. The Kier molecular flexibility index (Phi) is 7.57. The number of hydrogen-bond donors (Lipinski definition) is 0. The van der Waals surface area contributed by atoms with Gasteiger partial charge in [-0.3, -0.25) is 0 Å². The summed E-state index contributed by atoms with van der Waals surface area (Å²) in [4.78, 5) is 0. The zero-order valence-electron chi connectivity index (χ0n) is 22.3. The first-order chi connectivity index (χ1) is 20.1. The van der Waals surface area contributed by atoms with E-state index in [9.17, 15) is 9.13 Å². The average molecular weight is 571 g/mol. The molecule has 6 aromatic carbocycles. The molecule has 0 atom stereocenters. The summed E-state index contributed by atoms with van der Waals surface area (Å²) < 4.78 is 36.0. The lowest BCUT2D eigenvalue weighted by Crippen LogP contribution is -2.25. The molecule has 6 aromatic rings. The highest BCUT2D eigenvalue weighted by atomic mass is 31.2. The summed E-state index contributed by atoms with van der Waals surface area (Å²) in [6.45, 7) is 0. The zero-order valence-corrected chi connectivity index (χ0v) is 24.1. The monoisotopic (exact) mass is 570 g/mol. The van der Waals surface area contributed by atoms with Crippen molar-refractivity contribution < 1.29 is 13.9 Å². The van der Waals surface area contributed by atoms with Gasteiger partial charge in [-0.2, -0.15) is 0 Å². The molecule has 0 unspecified atom stereocenters. The normalized spacial score (nSPS) is 11.6. The minimum absolute atomic E-state index is 0.556. The summed E-state index contributed by atoms with van der Waals surface area (Å²) in [5, 5.41) is 4.41. The van der Waals surface area contributed by atoms with Gasteiger partial charge in [0.25, 0.3) is 0 Å². The third-order valence-electron chi connectivity index (χ3n) is 7.08. The van der Waals surface area contributed by atoms with Crippen molar-refractivity contribution >= 4 is 46.1 Å². The smallest absolute Gasteiger partial charge is 0.171 e. The van der Waals surface area contributed by atoms with Crippen LogP contribution in [0.3, 0.4) is 0 Å². The highest BCUT2D eigenvalue weighted by Gasteiger charge is 2.31. The van der Waals surface area contributed by atoms with Crippen molar-refractivity contribution in [3.05, 3.63) is 170 Å². The molecule has 0 amide bonds. The van der Waals surface area contributed by atoms with Gasteiger partial charge in [-0.25, -0.2) is 0 Å². The summed E-state index contributed by atoms with van der Waals surface area (Å²) in [5.41, 5.74) is 0. The van der Waals surface area contributed by atoms with Gasteiger partial charge in [0.1, 0.15) is 11.5 Å². The van der Waals surface area contributed by atoms with Crippen LogP contribution in [0.1, 0.15) is 0 Å². The van der Waals surface area contributed by atoms with Gasteiger partial charge >= 0.3 is 0 Å². The van der Waals surface area contributed by atoms with Crippen molar-refractivity contribution in [1.29, 1.82) is 0 Å². The first kappa shape index (κ1) is 26.8. The molecule has 0 N–H and O–H groups in total. The van der Waals surface area contributed by atoms with E-state index in [2.05, 4.69) is 0 Å². The van der Waals surface area contributed by atoms with E-state index >= 15 is 0 Å². The summed E-state index contributed by atoms with van der Waals surface area (Å²) in [6.07, 6.45) is 0. The van der Waals surface area contributed by atoms with Crippen molar-refractivity contribution in [3.8, 4) is 11.5 Å². The predicted molar refractivity (Wildman–Crippen MR) is 172 cm³/mol. The fourth-order valence-electron chi connectivity index (χ4n) is 5.07. The van der Waals surface area contributed by atoms with Gasteiger partial charge in [0.05, 0.1) is 0 Å². The van der Waals surface area contributed by atoms with Gasteiger partial charge in [0.15, 0.2) is 14.3 Å². The second-order valence-electron chi connectivity index (χ2n) is 9.66. The van der Waals surface area contributed by atoms with E-state index in [1.165, 1.54) is 0 Å². The van der Waals surface area contributed by atoms with E-state index in [4.69, 9.17) is 4.74 Å². The van der Waals surface area contributed by atoms with Crippen molar-refractivity contribution in [2.45, 2.75) is 0 Å². The lowest BCUT2D eigenvalue weighted by molar-refractivity contribution is 0.483. The van der Waals surface area contributed by atoms with E-state index < -0.39 is 14.3 Å². The summed E-state index contributed by atoms with van der Waals surface area (Å²) in [6, 6.07) is 53.2.